The Morgan fingerprint density at radius 2 is 1.91 bits per heavy atom. The minimum Gasteiger partial charge on any atom is -0.353 e. The Hall–Kier alpha value is -2.10. The van der Waals surface area contributed by atoms with E-state index in [1.165, 1.54) is 36.8 Å². The normalized spacial score (nSPS) is 18.6. The molecule has 0 bridgehead atoms. The summed E-state index contributed by atoms with van der Waals surface area (Å²) in [5.41, 5.74) is 3.79. The predicted octanol–water partition coefficient (Wildman–Crippen LogP) is 3.30. The number of guanidine groups is 1. The third kappa shape index (κ3) is 6.46. The number of aliphatic imine (C=N–C) groups is 1. The Kier molecular flexibility index (Phi) is 8.95. The molecule has 174 valence electrons. The van der Waals surface area contributed by atoms with E-state index in [1.54, 1.807) is 19.0 Å². The highest BCUT2D eigenvalue weighted by Crippen LogP contribution is 2.28. The number of fused-ring (bicyclic) bond motifs is 1. The molecular formula is C24H35IN6O. The predicted molar refractivity (Wildman–Crippen MR) is 138 cm³/mol. The third-order valence-corrected chi connectivity index (χ3v) is 6.36. The van der Waals surface area contributed by atoms with Gasteiger partial charge in [-0.3, -0.25) is 9.48 Å². The number of nitrogens with zero attached hydrogens (tertiary/aromatic N) is 4. The van der Waals surface area contributed by atoms with E-state index in [0.29, 0.717) is 24.6 Å². The van der Waals surface area contributed by atoms with E-state index in [1.807, 2.05) is 0 Å². The quantitative estimate of drug-likeness (QED) is 0.329. The van der Waals surface area contributed by atoms with Gasteiger partial charge in [0.1, 0.15) is 0 Å². The van der Waals surface area contributed by atoms with E-state index in [9.17, 15) is 4.79 Å². The Morgan fingerprint density at radius 3 is 2.66 bits per heavy atom. The van der Waals surface area contributed by atoms with Crippen molar-refractivity contribution in [2.75, 3.05) is 20.6 Å². The van der Waals surface area contributed by atoms with Gasteiger partial charge in [0.2, 0.25) is 5.91 Å². The molecule has 2 aromatic rings. The summed E-state index contributed by atoms with van der Waals surface area (Å²) in [7, 11) is 3.53. The standard InChI is InChI=1S/C24H34N6O.HI/c1-29(2)23(31)17-26-24(27-20-12-11-18-7-3-4-8-19(18)15-20)25-16-21-13-14-30(28-21)22-9-5-6-10-22;/h3-4,7-8,13-14,20,22H,5-6,9-12,15-17H2,1-2H3,(H2,25,26,27);1H. The summed E-state index contributed by atoms with van der Waals surface area (Å²) >= 11 is 0. The number of benzene rings is 1. The molecule has 2 aliphatic rings. The molecule has 1 aromatic carbocycles. The zero-order valence-electron chi connectivity index (χ0n) is 19.1. The highest BCUT2D eigenvalue weighted by Gasteiger charge is 2.20. The van der Waals surface area contributed by atoms with Crippen LogP contribution in [0.3, 0.4) is 0 Å². The number of carbonyl (C=O) groups excluding carboxylic acids is 1. The van der Waals surface area contributed by atoms with Crippen LogP contribution in [-0.4, -0.2) is 53.2 Å². The average Bonchev–Trinajstić information content (AvgIpc) is 3.47. The highest BCUT2D eigenvalue weighted by atomic mass is 127. The van der Waals surface area contributed by atoms with Crippen LogP contribution in [0.5, 0.6) is 0 Å². The first kappa shape index (κ1) is 24.5. The van der Waals surface area contributed by atoms with Crippen molar-refractivity contribution in [1.29, 1.82) is 0 Å². The van der Waals surface area contributed by atoms with Gasteiger partial charge in [-0.05, 0) is 49.3 Å². The number of halogens is 1. The number of carbonyl (C=O) groups is 1. The second-order valence-electron chi connectivity index (χ2n) is 8.88. The maximum Gasteiger partial charge on any atom is 0.241 e. The molecule has 1 saturated carbocycles. The van der Waals surface area contributed by atoms with Gasteiger partial charge in [-0.25, -0.2) is 4.99 Å². The van der Waals surface area contributed by atoms with Crippen LogP contribution in [0.2, 0.25) is 0 Å². The molecule has 4 rings (SSSR count). The molecule has 1 amide bonds. The van der Waals surface area contributed by atoms with Crippen LogP contribution >= 0.6 is 24.0 Å². The summed E-state index contributed by atoms with van der Waals surface area (Å²) in [5, 5.41) is 11.5. The Labute approximate surface area is 208 Å². The molecule has 8 heteroatoms. The lowest BCUT2D eigenvalue weighted by molar-refractivity contribution is -0.127. The van der Waals surface area contributed by atoms with Crippen molar-refractivity contribution in [1.82, 2.24) is 25.3 Å². The van der Waals surface area contributed by atoms with Crippen molar-refractivity contribution in [3.8, 4) is 0 Å². The molecule has 0 saturated heterocycles. The van der Waals surface area contributed by atoms with E-state index in [4.69, 9.17) is 10.1 Å². The summed E-state index contributed by atoms with van der Waals surface area (Å²) in [6.45, 7) is 0.715. The lowest BCUT2D eigenvalue weighted by Crippen LogP contribution is -2.48. The van der Waals surface area contributed by atoms with Crippen molar-refractivity contribution >= 4 is 35.8 Å². The van der Waals surface area contributed by atoms with Crippen LogP contribution < -0.4 is 10.6 Å². The molecule has 2 aliphatic carbocycles. The maximum atomic E-state index is 12.1. The molecule has 0 spiro atoms. The second-order valence-corrected chi connectivity index (χ2v) is 8.88. The van der Waals surface area contributed by atoms with Crippen molar-refractivity contribution in [2.45, 2.75) is 63.6 Å². The van der Waals surface area contributed by atoms with E-state index in [0.717, 1.165) is 25.0 Å². The fourth-order valence-electron chi connectivity index (χ4n) is 4.48. The monoisotopic (exact) mass is 550 g/mol. The van der Waals surface area contributed by atoms with E-state index in [-0.39, 0.29) is 36.4 Å². The molecule has 7 nitrogen and oxygen atoms in total. The third-order valence-electron chi connectivity index (χ3n) is 6.36. The number of aryl methyl sites for hydroxylation is 1. The maximum absolute atomic E-state index is 12.1. The molecule has 0 radical (unpaired) electrons. The van der Waals surface area contributed by atoms with Gasteiger partial charge in [0.25, 0.3) is 0 Å². The SMILES string of the molecule is CN(C)C(=O)CNC(=NCc1ccn(C2CCCC2)n1)NC1CCc2ccccc2C1.I. The number of hydrogen-bond acceptors (Lipinski definition) is 3. The van der Waals surface area contributed by atoms with Crippen LogP contribution in [-0.2, 0) is 24.2 Å². The van der Waals surface area contributed by atoms with Gasteiger partial charge in [-0.1, -0.05) is 37.1 Å². The van der Waals surface area contributed by atoms with Crippen LogP contribution in [0.15, 0.2) is 41.5 Å². The number of rotatable bonds is 6. The number of aromatic nitrogens is 2. The topological polar surface area (TPSA) is 74.5 Å². The van der Waals surface area contributed by atoms with Gasteiger partial charge in [0.05, 0.1) is 24.8 Å². The average molecular weight is 550 g/mol. The van der Waals surface area contributed by atoms with Gasteiger partial charge >= 0.3 is 0 Å². The number of hydrogen-bond donors (Lipinski definition) is 2. The molecule has 1 fully saturated rings. The molecule has 1 atom stereocenters. The number of nitrogens with one attached hydrogen (secondary N) is 2. The fourth-order valence-corrected chi connectivity index (χ4v) is 4.48. The summed E-state index contributed by atoms with van der Waals surface area (Å²) in [6, 6.07) is 11.5. The molecule has 2 N–H and O–H groups in total. The molecule has 0 aliphatic heterocycles. The number of likely N-dealkylation sites (N-methyl/N-ethyl adjacent to an activating group) is 1. The van der Waals surface area contributed by atoms with Gasteiger partial charge in [-0.15, -0.1) is 24.0 Å². The second kappa shape index (κ2) is 11.7. The first-order chi connectivity index (χ1) is 15.1. The molecule has 32 heavy (non-hydrogen) atoms. The zero-order chi connectivity index (χ0) is 21.6. The smallest absolute Gasteiger partial charge is 0.241 e. The Balaban J connectivity index is 0.00000289. The van der Waals surface area contributed by atoms with Crippen molar-refractivity contribution in [2.24, 2.45) is 4.99 Å². The Morgan fingerprint density at radius 1 is 1.16 bits per heavy atom. The van der Waals surface area contributed by atoms with E-state index in [2.05, 4.69) is 51.8 Å². The van der Waals surface area contributed by atoms with Crippen molar-refractivity contribution in [3.05, 3.63) is 53.3 Å². The van der Waals surface area contributed by atoms with Gasteiger partial charge < -0.3 is 15.5 Å². The zero-order valence-corrected chi connectivity index (χ0v) is 21.4. The van der Waals surface area contributed by atoms with Crippen LogP contribution in [0.4, 0.5) is 0 Å². The van der Waals surface area contributed by atoms with Crippen molar-refractivity contribution < 1.29 is 4.79 Å². The number of amides is 1. The lowest BCUT2D eigenvalue weighted by atomic mass is 9.88. The Bertz CT molecular complexity index is 919. The van der Waals surface area contributed by atoms with E-state index >= 15 is 0 Å². The molecule has 1 aromatic heterocycles. The molecule has 1 heterocycles. The first-order valence-corrected chi connectivity index (χ1v) is 11.4. The summed E-state index contributed by atoms with van der Waals surface area (Å²) in [4.78, 5) is 18.4. The summed E-state index contributed by atoms with van der Waals surface area (Å²) in [6.07, 6.45) is 10.2. The van der Waals surface area contributed by atoms with Gasteiger partial charge in [0, 0.05) is 26.3 Å². The minimum atomic E-state index is 0. The summed E-state index contributed by atoms with van der Waals surface area (Å²) < 4.78 is 2.10. The highest BCUT2D eigenvalue weighted by molar-refractivity contribution is 14.0. The van der Waals surface area contributed by atoms with Crippen LogP contribution in [0.25, 0.3) is 0 Å². The van der Waals surface area contributed by atoms with Gasteiger partial charge in [0.15, 0.2) is 5.96 Å². The lowest BCUT2D eigenvalue weighted by Gasteiger charge is -2.27. The van der Waals surface area contributed by atoms with E-state index < -0.39 is 0 Å². The molecular weight excluding hydrogens is 515 g/mol. The van der Waals surface area contributed by atoms with Crippen molar-refractivity contribution in [3.63, 3.8) is 0 Å². The largest absolute Gasteiger partial charge is 0.353 e. The molecule has 1 unspecified atom stereocenters. The van der Waals surface area contributed by atoms with Crippen LogP contribution in [0, 0.1) is 0 Å². The first-order valence-electron chi connectivity index (χ1n) is 11.4. The van der Waals surface area contributed by atoms with Crippen LogP contribution in [0.1, 0.15) is 55.0 Å². The van der Waals surface area contributed by atoms with Gasteiger partial charge in [-0.2, -0.15) is 5.10 Å². The summed E-state index contributed by atoms with van der Waals surface area (Å²) in [5.74, 6) is 0.698. The fraction of sp³-hybridized carbons (Fsp3) is 0.542. The minimum absolute atomic E-state index is 0.